The van der Waals surface area contributed by atoms with Gasteiger partial charge in [-0.3, -0.25) is 0 Å². The molecule has 0 saturated carbocycles. The highest BCUT2D eigenvalue weighted by molar-refractivity contribution is 5.82. The minimum atomic E-state index is -0.245. The van der Waals surface area contributed by atoms with Gasteiger partial charge in [0.05, 0.1) is 11.0 Å². The van der Waals surface area contributed by atoms with E-state index >= 15 is 0 Å². The lowest BCUT2D eigenvalue weighted by Crippen LogP contribution is -2.04. The van der Waals surface area contributed by atoms with Crippen molar-refractivity contribution in [3.05, 3.63) is 47.8 Å². The third-order valence-corrected chi connectivity index (χ3v) is 3.66. The fraction of sp³-hybridized carbons (Fsp3) is 0.235. The smallest absolute Gasteiger partial charge is 0.141 e. The summed E-state index contributed by atoms with van der Waals surface area (Å²) >= 11 is 0. The van der Waals surface area contributed by atoms with Gasteiger partial charge in [0, 0.05) is 17.3 Å². The van der Waals surface area contributed by atoms with Crippen LogP contribution in [0.3, 0.4) is 0 Å². The molecule has 0 aliphatic carbocycles. The molecule has 108 valence electrons. The summed E-state index contributed by atoms with van der Waals surface area (Å²) in [5.74, 6) is 0.605. The second-order valence-electron chi connectivity index (χ2n) is 5.61. The average Bonchev–Trinajstić information content (AvgIpc) is 2.76. The minimum Gasteiger partial charge on any atom is -0.399 e. The molecule has 1 heterocycles. The summed E-state index contributed by atoms with van der Waals surface area (Å²) in [6.07, 6.45) is 0. The van der Waals surface area contributed by atoms with Crippen molar-refractivity contribution in [1.29, 1.82) is 0 Å². The van der Waals surface area contributed by atoms with Crippen molar-refractivity contribution >= 4 is 16.7 Å². The second-order valence-corrected chi connectivity index (χ2v) is 5.61. The van der Waals surface area contributed by atoms with E-state index in [4.69, 9.17) is 10.7 Å². The molecule has 0 saturated heterocycles. The molecule has 0 aliphatic heterocycles. The van der Waals surface area contributed by atoms with Crippen LogP contribution in [-0.2, 0) is 0 Å². The quantitative estimate of drug-likeness (QED) is 0.712. The van der Waals surface area contributed by atoms with Crippen molar-refractivity contribution in [1.82, 2.24) is 9.55 Å². The van der Waals surface area contributed by atoms with Gasteiger partial charge in [-0.15, -0.1) is 0 Å². The third kappa shape index (κ3) is 2.27. The van der Waals surface area contributed by atoms with Crippen LogP contribution < -0.4 is 5.73 Å². The van der Waals surface area contributed by atoms with E-state index in [1.807, 2.05) is 25.1 Å². The van der Waals surface area contributed by atoms with Gasteiger partial charge in [0.15, 0.2) is 0 Å². The number of hydrogen-bond donors (Lipinski definition) is 1. The lowest BCUT2D eigenvalue weighted by molar-refractivity contribution is 0.613. The minimum absolute atomic E-state index is 0.184. The summed E-state index contributed by atoms with van der Waals surface area (Å²) in [4.78, 5) is 4.69. The molecular weight excluding hydrogens is 265 g/mol. The lowest BCUT2D eigenvalue weighted by atomic mass is 10.1. The van der Waals surface area contributed by atoms with Crippen LogP contribution >= 0.6 is 0 Å². The van der Waals surface area contributed by atoms with E-state index < -0.39 is 0 Å². The Kier molecular flexibility index (Phi) is 3.16. The molecular formula is C17H18FN3. The Bertz CT molecular complexity index is 818. The fourth-order valence-electron chi connectivity index (χ4n) is 2.72. The molecule has 3 rings (SSSR count). The number of halogens is 1. The van der Waals surface area contributed by atoms with Crippen LogP contribution in [0.1, 0.15) is 25.5 Å². The number of benzene rings is 2. The highest BCUT2D eigenvalue weighted by Crippen LogP contribution is 2.31. The maximum absolute atomic E-state index is 13.6. The fourth-order valence-corrected chi connectivity index (χ4v) is 2.72. The van der Waals surface area contributed by atoms with Gasteiger partial charge in [0.2, 0.25) is 0 Å². The number of aromatic nitrogens is 2. The van der Waals surface area contributed by atoms with Gasteiger partial charge < -0.3 is 10.3 Å². The number of hydrogen-bond acceptors (Lipinski definition) is 2. The van der Waals surface area contributed by atoms with Crippen molar-refractivity contribution in [3.8, 4) is 11.4 Å². The molecule has 0 aliphatic rings. The molecule has 0 spiro atoms. The van der Waals surface area contributed by atoms with Crippen molar-refractivity contribution in [2.24, 2.45) is 0 Å². The largest absolute Gasteiger partial charge is 0.399 e. The summed E-state index contributed by atoms with van der Waals surface area (Å²) in [7, 11) is 0. The number of fused-ring (bicyclic) bond motifs is 1. The predicted molar refractivity (Wildman–Crippen MR) is 84.7 cm³/mol. The van der Waals surface area contributed by atoms with Crippen LogP contribution in [0.15, 0.2) is 36.4 Å². The molecule has 0 amide bonds. The second kappa shape index (κ2) is 4.88. The van der Waals surface area contributed by atoms with Gasteiger partial charge in [0.1, 0.15) is 11.6 Å². The average molecular weight is 283 g/mol. The van der Waals surface area contributed by atoms with Crippen LogP contribution in [0.5, 0.6) is 0 Å². The van der Waals surface area contributed by atoms with E-state index in [-0.39, 0.29) is 11.9 Å². The Labute approximate surface area is 123 Å². The third-order valence-electron chi connectivity index (χ3n) is 3.66. The normalized spacial score (nSPS) is 11.5. The van der Waals surface area contributed by atoms with Gasteiger partial charge in [-0.1, -0.05) is 0 Å². The Morgan fingerprint density at radius 2 is 1.90 bits per heavy atom. The van der Waals surface area contributed by atoms with Gasteiger partial charge in [-0.25, -0.2) is 9.37 Å². The molecule has 4 heteroatoms. The summed E-state index contributed by atoms with van der Waals surface area (Å²) in [5, 5.41) is 0. The SMILES string of the molecule is Cc1cc(N)ccc1-c1nc2ccc(F)cc2n1C(C)C. The predicted octanol–water partition coefficient (Wildman–Crippen LogP) is 4.31. The number of imidazole rings is 1. The van der Waals surface area contributed by atoms with Crippen molar-refractivity contribution < 1.29 is 4.39 Å². The van der Waals surface area contributed by atoms with Crippen molar-refractivity contribution in [2.45, 2.75) is 26.8 Å². The number of rotatable bonds is 2. The number of nitrogen functional groups attached to an aromatic ring is 1. The van der Waals surface area contributed by atoms with Gasteiger partial charge in [-0.2, -0.15) is 0 Å². The topological polar surface area (TPSA) is 43.8 Å². The Hall–Kier alpha value is -2.36. The Morgan fingerprint density at radius 3 is 2.57 bits per heavy atom. The molecule has 21 heavy (non-hydrogen) atoms. The van der Waals surface area contributed by atoms with Crippen LogP contribution in [0.2, 0.25) is 0 Å². The van der Waals surface area contributed by atoms with E-state index in [9.17, 15) is 4.39 Å². The van der Waals surface area contributed by atoms with E-state index in [0.717, 1.165) is 33.7 Å². The first-order valence-corrected chi connectivity index (χ1v) is 7.01. The summed E-state index contributed by atoms with van der Waals surface area (Å²) in [6, 6.07) is 10.7. The molecule has 3 nitrogen and oxygen atoms in total. The van der Waals surface area contributed by atoms with Gasteiger partial charge >= 0.3 is 0 Å². The molecule has 0 atom stereocenters. The Balaban J connectivity index is 2.34. The molecule has 2 aromatic carbocycles. The molecule has 1 aromatic heterocycles. The van der Waals surface area contributed by atoms with E-state index in [1.54, 1.807) is 12.1 Å². The number of anilines is 1. The molecule has 0 unspecified atom stereocenters. The molecule has 0 fully saturated rings. The maximum atomic E-state index is 13.6. The maximum Gasteiger partial charge on any atom is 0.141 e. The zero-order valence-electron chi connectivity index (χ0n) is 12.4. The Morgan fingerprint density at radius 1 is 1.14 bits per heavy atom. The zero-order chi connectivity index (χ0) is 15.1. The highest BCUT2D eigenvalue weighted by Gasteiger charge is 2.16. The van der Waals surface area contributed by atoms with Crippen LogP contribution in [0.25, 0.3) is 22.4 Å². The first-order valence-electron chi connectivity index (χ1n) is 7.01. The zero-order valence-corrected chi connectivity index (χ0v) is 12.4. The van der Waals surface area contributed by atoms with Crippen LogP contribution in [0, 0.1) is 12.7 Å². The monoisotopic (exact) mass is 283 g/mol. The molecule has 0 bridgehead atoms. The summed E-state index contributed by atoms with van der Waals surface area (Å²) in [5.41, 5.74) is 10.3. The van der Waals surface area contributed by atoms with Crippen LogP contribution in [0.4, 0.5) is 10.1 Å². The standard InChI is InChI=1S/C17H18FN3/c1-10(2)21-16-9-12(18)4-7-15(16)20-17(21)14-6-5-13(19)8-11(14)3/h4-10H,19H2,1-3H3. The van der Waals surface area contributed by atoms with E-state index in [2.05, 4.69) is 18.4 Å². The van der Waals surface area contributed by atoms with Gasteiger partial charge in [0.25, 0.3) is 0 Å². The summed E-state index contributed by atoms with van der Waals surface area (Å²) < 4.78 is 15.6. The number of aryl methyl sites for hydroxylation is 1. The highest BCUT2D eigenvalue weighted by atomic mass is 19.1. The molecule has 0 radical (unpaired) electrons. The van der Waals surface area contributed by atoms with E-state index in [0.29, 0.717) is 0 Å². The summed E-state index contributed by atoms with van der Waals surface area (Å²) in [6.45, 7) is 6.15. The van der Waals surface area contributed by atoms with Crippen molar-refractivity contribution in [3.63, 3.8) is 0 Å². The first-order chi connectivity index (χ1) is 9.97. The lowest BCUT2D eigenvalue weighted by Gasteiger charge is -2.14. The molecule has 3 aromatic rings. The van der Waals surface area contributed by atoms with Gasteiger partial charge in [-0.05, 0) is 62.7 Å². The number of nitrogens with two attached hydrogens (primary N) is 1. The van der Waals surface area contributed by atoms with Crippen molar-refractivity contribution in [2.75, 3.05) is 5.73 Å². The van der Waals surface area contributed by atoms with Crippen LogP contribution in [-0.4, -0.2) is 9.55 Å². The van der Waals surface area contributed by atoms with E-state index in [1.165, 1.54) is 6.07 Å². The molecule has 2 N–H and O–H groups in total. The first kappa shape index (κ1) is 13.6. The number of nitrogens with zero attached hydrogens (tertiary/aromatic N) is 2.